The smallest absolute Gasteiger partial charge is 0.0836 e. The predicted molar refractivity (Wildman–Crippen MR) is 19.7 cm³/mol. The third-order valence-electron chi connectivity index (χ3n) is 0.241. The summed E-state index contributed by atoms with van der Waals surface area (Å²) in [5.74, 6) is 0. The van der Waals surface area contributed by atoms with Gasteiger partial charge in [-0.15, -0.1) is 0 Å². The van der Waals surface area contributed by atoms with Crippen LogP contribution in [-0.2, 0) is 0 Å². The van der Waals surface area contributed by atoms with Crippen molar-refractivity contribution in [1.82, 2.24) is 0 Å². The minimum absolute atomic E-state index is 0.472. The van der Waals surface area contributed by atoms with E-state index >= 15 is 0 Å². The summed E-state index contributed by atoms with van der Waals surface area (Å²) in [6.07, 6.45) is 1.85. The second-order valence-corrected chi connectivity index (χ2v) is 0.654. The van der Waals surface area contributed by atoms with Crippen molar-refractivity contribution >= 4 is 0 Å². The van der Waals surface area contributed by atoms with Crippen LogP contribution in [0.25, 0.3) is 0 Å². The lowest BCUT2D eigenvalue weighted by Gasteiger charge is -1.71. The zero-order valence-corrected chi connectivity index (χ0v) is 2.89. The van der Waals surface area contributed by atoms with Gasteiger partial charge in [0.15, 0.2) is 0 Å². The van der Waals surface area contributed by atoms with Crippen molar-refractivity contribution in [1.29, 1.82) is 0 Å². The molecule has 0 bridgehead atoms. The first-order valence-corrected chi connectivity index (χ1v) is 1.41. The van der Waals surface area contributed by atoms with Gasteiger partial charge >= 0.3 is 0 Å². The quantitative estimate of drug-likeness (QED) is 0.511. The third-order valence-corrected chi connectivity index (χ3v) is 0.241. The highest BCUT2D eigenvalue weighted by Gasteiger charge is 1.64. The van der Waals surface area contributed by atoms with Gasteiger partial charge in [-0.3, -0.25) is 0 Å². The van der Waals surface area contributed by atoms with Crippen LogP contribution in [-0.4, -0.2) is 5.11 Å². The highest BCUT2D eigenvalue weighted by atomic mass is 16.2. The number of hydrogen-bond acceptors (Lipinski definition) is 1. The van der Waals surface area contributed by atoms with Gasteiger partial charge in [0.25, 0.3) is 0 Å². The molecule has 0 aromatic heterocycles. The van der Waals surface area contributed by atoms with Crippen molar-refractivity contribution in [3.05, 3.63) is 19.3 Å². The van der Waals surface area contributed by atoms with Crippen LogP contribution in [0.2, 0.25) is 0 Å². The average Bonchev–Trinajstić information content (AvgIpc) is 1.41. The van der Waals surface area contributed by atoms with E-state index in [1.165, 1.54) is 6.08 Å². The summed E-state index contributed by atoms with van der Waals surface area (Å²) in [7, 11) is 0. The molecule has 0 spiro atoms. The van der Waals surface area contributed by atoms with Crippen molar-refractivity contribution in [3.8, 4) is 0 Å². The molecule has 1 heteroatoms. The Kier molecular flexibility index (Phi) is 3.48. The second kappa shape index (κ2) is 3.70. The fourth-order valence-electron chi connectivity index (χ4n) is 0.0609. The lowest BCUT2D eigenvalue weighted by atomic mass is 10.5. The minimum Gasteiger partial charge on any atom is -0.390 e. The van der Waals surface area contributed by atoms with Gasteiger partial charge < -0.3 is 5.11 Å². The van der Waals surface area contributed by atoms with Gasteiger partial charge in [0.1, 0.15) is 0 Å². The van der Waals surface area contributed by atoms with E-state index in [1.807, 2.05) is 0 Å². The van der Waals surface area contributed by atoms with Crippen LogP contribution in [0.4, 0.5) is 0 Å². The van der Waals surface area contributed by atoms with E-state index in [-0.39, 0.29) is 0 Å². The Balaban J connectivity index is 2.40. The molecular formula is C4H6O. The highest BCUT2D eigenvalue weighted by molar-refractivity contribution is 4.65. The van der Waals surface area contributed by atoms with Crippen LogP contribution in [0.15, 0.2) is 6.08 Å². The molecule has 0 saturated heterocycles. The van der Waals surface area contributed by atoms with Crippen molar-refractivity contribution in [2.75, 3.05) is 0 Å². The van der Waals surface area contributed by atoms with Gasteiger partial charge in [0.05, 0.1) is 6.61 Å². The Morgan fingerprint density at radius 2 is 2.40 bits per heavy atom. The topological polar surface area (TPSA) is 20.2 Å². The SMILES string of the molecule is [CH]=CC[CH]O. The van der Waals surface area contributed by atoms with E-state index in [0.29, 0.717) is 6.42 Å². The lowest BCUT2D eigenvalue weighted by molar-refractivity contribution is 0.388. The van der Waals surface area contributed by atoms with E-state index in [1.54, 1.807) is 0 Å². The summed E-state index contributed by atoms with van der Waals surface area (Å²) < 4.78 is 0. The Hall–Kier alpha value is -0.300. The molecule has 0 rings (SSSR count). The second-order valence-electron chi connectivity index (χ2n) is 0.654. The first kappa shape index (κ1) is 4.70. The monoisotopic (exact) mass is 70.0 g/mol. The fraction of sp³-hybridized carbons (Fsp3) is 0.250. The molecule has 0 atom stereocenters. The number of aliphatic hydroxyl groups is 1. The van der Waals surface area contributed by atoms with E-state index in [4.69, 9.17) is 11.7 Å². The van der Waals surface area contributed by atoms with Crippen molar-refractivity contribution in [2.45, 2.75) is 6.42 Å². The molecule has 1 N–H and O–H groups in total. The highest BCUT2D eigenvalue weighted by Crippen LogP contribution is 1.76. The fourth-order valence-corrected chi connectivity index (χ4v) is 0.0609. The van der Waals surface area contributed by atoms with Crippen LogP contribution in [0.5, 0.6) is 0 Å². The molecule has 0 aromatic carbocycles. The van der Waals surface area contributed by atoms with Gasteiger partial charge in [0.2, 0.25) is 0 Å². The number of rotatable bonds is 2. The summed E-state index contributed by atoms with van der Waals surface area (Å²) >= 11 is 0. The molecule has 5 heavy (non-hydrogen) atoms. The van der Waals surface area contributed by atoms with E-state index in [2.05, 4.69) is 0 Å². The summed E-state index contributed by atoms with van der Waals surface area (Å²) in [5.41, 5.74) is 0. The Morgan fingerprint density at radius 1 is 1.80 bits per heavy atom. The molecule has 28 valence electrons. The zero-order valence-electron chi connectivity index (χ0n) is 2.89. The molecule has 0 heterocycles. The van der Waals surface area contributed by atoms with Crippen molar-refractivity contribution < 1.29 is 5.11 Å². The first-order chi connectivity index (χ1) is 2.41. The Bertz CT molecular complexity index is 24.8. The molecule has 1 nitrogen and oxygen atoms in total. The zero-order chi connectivity index (χ0) is 4.12. The summed E-state index contributed by atoms with van der Waals surface area (Å²) in [4.78, 5) is 0. The van der Waals surface area contributed by atoms with E-state index < -0.39 is 0 Å². The molecule has 0 fully saturated rings. The van der Waals surface area contributed by atoms with Crippen molar-refractivity contribution in [2.24, 2.45) is 0 Å². The van der Waals surface area contributed by atoms with Crippen LogP contribution in [0.3, 0.4) is 0 Å². The molecular weight excluding hydrogens is 64.0 g/mol. The molecule has 0 aliphatic heterocycles. The molecule has 0 aliphatic carbocycles. The lowest BCUT2D eigenvalue weighted by Crippen LogP contribution is -1.61. The minimum atomic E-state index is 0.472. The number of aliphatic hydroxyl groups excluding tert-OH is 1. The van der Waals surface area contributed by atoms with Crippen LogP contribution in [0, 0.1) is 13.2 Å². The van der Waals surface area contributed by atoms with Gasteiger partial charge in [-0.1, -0.05) is 12.7 Å². The summed E-state index contributed by atoms with van der Waals surface area (Å²) in [6, 6.07) is 0. The van der Waals surface area contributed by atoms with Gasteiger partial charge in [0, 0.05) is 0 Å². The first-order valence-electron chi connectivity index (χ1n) is 1.41. The van der Waals surface area contributed by atoms with Crippen molar-refractivity contribution in [3.63, 3.8) is 0 Å². The molecule has 0 aromatic rings. The largest absolute Gasteiger partial charge is 0.390 e. The van der Waals surface area contributed by atoms with Crippen LogP contribution in [0.1, 0.15) is 6.42 Å². The maximum Gasteiger partial charge on any atom is 0.0836 e. The van der Waals surface area contributed by atoms with Crippen LogP contribution < -0.4 is 0 Å². The average molecular weight is 70.1 g/mol. The number of hydrogen-bond donors (Lipinski definition) is 1. The van der Waals surface area contributed by atoms with Gasteiger partial charge in [-0.25, -0.2) is 0 Å². The molecule has 0 saturated carbocycles. The molecule has 0 amide bonds. The Morgan fingerprint density at radius 3 is 2.40 bits per heavy atom. The van der Waals surface area contributed by atoms with Gasteiger partial charge in [-0.05, 0) is 6.42 Å². The summed E-state index contributed by atoms with van der Waals surface area (Å²) in [6.45, 7) is 5.82. The predicted octanol–water partition coefficient (Wildman–Crippen LogP) is 0.900. The van der Waals surface area contributed by atoms with Crippen LogP contribution >= 0.6 is 0 Å². The van der Waals surface area contributed by atoms with E-state index in [9.17, 15) is 0 Å². The molecule has 0 unspecified atom stereocenters. The normalized spacial score (nSPS) is 7.40. The maximum atomic E-state index is 7.83. The Labute approximate surface area is 31.9 Å². The van der Waals surface area contributed by atoms with E-state index in [0.717, 1.165) is 6.61 Å². The molecule has 2 radical (unpaired) electrons. The van der Waals surface area contributed by atoms with Gasteiger partial charge in [-0.2, -0.15) is 0 Å². The maximum absolute atomic E-state index is 7.83. The third kappa shape index (κ3) is 3.70. The summed E-state index contributed by atoms with van der Waals surface area (Å²) in [5, 5.41) is 7.83. The molecule has 0 aliphatic rings. The standard InChI is InChI=1S/C4H6O/c1-2-3-4-5/h1-2,4-5H,3H2.